The number of hydrogen-bond acceptors (Lipinski definition) is 9. The van der Waals surface area contributed by atoms with E-state index in [9.17, 15) is 18.1 Å². The Morgan fingerprint density at radius 3 is 2.10 bits per heavy atom. The number of aromatic hydroxyl groups is 1. The maximum absolute atomic E-state index is 10.8. The summed E-state index contributed by atoms with van der Waals surface area (Å²) >= 11 is 0. The fraction of sp³-hybridized carbons (Fsp3) is 0.526. The highest BCUT2D eigenvalue weighted by molar-refractivity contribution is 7.85. The third-order valence-electron chi connectivity index (χ3n) is 4.48. The van der Waals surface area contributed by atoms with Crippen LogP contribution in [0.15, 0.2) is 18.2 Å². The molecule has 0 fully saturated rings. The number of quaternary nitrogens is 1. The van der Waals surface area contributed by atoms with Gasteiger partial charge in [0.2, 0.25) is 11.9 Å². The van der Waals surface area contributed by atoms with Gasteiger partial charge in [-0.15, -0.1) is 0 Å². The van der Waals surface area contributed by atoms with Gasteiger partial charge in [0.25, 0.3) is 0 Å². The van der Waals surface area contributed by atoms with Crippen LogP contribution in [-0.2, 0) is 16.7 Å². The summed E-state index contributed by atoms with van der Waals surface area (Å²) in [4.78, 5) is 16.9. The molecule has 2 rings (SSSR count). The second-order valence-electron chi connectivity index (χ2n) is 8.33. The third kappa shape index (κ3) is 6.78. The number of benzene rings is 1. The molecule has 2 aromatic rings. The Balaban J connectivity index is 2.33. The van der Waals surface area contributed by atoms with Crippen molar-refractivity contribution in [2.75, 3.05) is 64.4 Å². The minimum atomic E-state index is -4.21. The smallest absolute Gasteiger partial charge is 0.230 e. The van der Waals surface area contributed by atoms with Gasteiger partial charge in [-0.1, -0.05) is 0 Å². The van der Waals surface area contributed by atoms with Gasteiger partial charge in [0.1, 0.15) is 12.3 Å². The van der Waals surface area contributed by atoms with E-state index in [2.05, 4.69) is 15.0 Å². The summed E-state index contributed by atoms with van der Waals surface area (Å²) in [7, 11) is 7.03. The number of hydrogen-bond donors (Lipinski definition) is 1. The second-order valence-corrected chi connectivity index (χ2v) is 9.86. The Morgan fingerprint density at radius 2 is 1.60 bits per heavy atom. The average molecular weight is 439 g/mol. The highest BCUT2D eigenvalue weighted by Gasteiger charge is 2.19. The van der Waals surface area contributed by atoms with Crippen LogP contribution < -0.4 is 9.80 Å². The molecule has 1 heterocycles. The van der Waals surface area contributed by atoms with E-state index in [-0.39, 0.29) is 17.9 Å². The van der Waals surface area contributed by atoms with E-state index in [0.29, 0.717) is 40.9 Å². The molecule has 11 heteroatoms. The predicted molar refractivity (Wildman–Crippen MR) is 115 cm³/mol. The van der Waals surface area contributed by atoms with E-state index in [0.717, 1.165) is 5.56 Å². The molecular formula is C19H30N6O4S. The summed E-state index contributed by atoms with van der Waals surface area (Å²) in [5.41, 5.74) is 1.42. The molecule has 0 saturated carbocycles. The van der Waals surface area contributed by atoms with Gasteiger partial charge in [-0.2, -0.15) is 15.0 Å². The first-order valence-corrected chi connectivity index (χ1v) is 11.0. The Morgan fingerprint density at radius 1 is 1.03 bits per heavy atom. The van der Waals surface area contributed by atoms with Crippen LogP contribution >= 0.6 is 0 Å². The zero-order chi connectivity index (χ0) is 22.7. The molecule has 0 aliphatic carbocycles. The molecule has 0 saturated heterocycles. The Hall–Kier alpha value is -2.50. The molecular weight excluding hydrogens is 408 g/mol. The van der Waals surface area contributed by atoms with E-state index in [1.54, 1.807) is 15.9 Å². The first-order valence-electron chi connectivity index (χ1n) is 9.46. The lowest BCUT2D eigenvalue weighted by molar-refractivity contribution is -0.903. The average Bonchev–Trinajstić information content (AvgIpc) is 2.61. The Labute approximate surface area is 178 Å². The number of rotatable bonds is 9. The Kier molecular flexibility index (Phi) is 7.22. The SMILES string of the molecule is CN(C)c1nc(-c2cc(C[N+](C)(C)CCCS(=O)(=O)[O-])ccc2O)nc(N(C)C)n1. The van der Waals surface area contributed by atoms with Crippen molar-refractivity contribution in [2.24, 2.45) is 0 Å². The van der Waals surface area contributed by atoms with Crippen molar-refractivity contribution in [3.05, 3.63) is 23.8 Å². The summed E-state index contributed by atoms with van der Waals surface area (Å²) in [6, 6.07) is 5.24. The van der Waals surface area contributed by atoms with Crippen LogP contribution in [0.5, 0.6) is 5.75 Å². The molecule has 10 nitrogen and oxygen atoms in total. The van der Waals surface area contributed by atoms with Crippen LogP contribution in [0, 0.1) is 0 Å². The van der Waals surface area contributed by atoms with Crippen molar-refractivity contribution in [3.63, 3.8) is 0 Å². The maximum Gasteiger partial charge on any atom is 0.230 e. The number of nitrogens with zero attached hydrogens (tertiary/aromatic N) is 6. The summed E-state index contributed by atoms with van der Waals surface area (Å²) in [6.45, 7) is 1.11. The number of aromatic nitrogens is 3. The van der Waals surface area contributed by atoms with Crippen LogP contribution in [-0.4, -0.2) is 92.1 Å². The molecule has 1 N–H and O–H groups in total. The first-order chi connectivity index (χ1) is 13.8. The van der Waals surface area contributed by atoms with Crippen LogP contribution in [0.25, 0.3) is 11.4 Å². The molecule has 1 aromatic carbocycles. The van der Waals surface area contributed by atoms with Gasteiger partial charge in [-0.3, -0.25) is 0 Å². The highest BCUT2D eigenvalue weighted by Crippen LogP contribution is 2.30. The van der Waals surface area contributed by atoms with Crippen LogP contribution in [0.4, 0.5) is 11.9 Å². The third-order valence-corrected chi connectivity index (χ3v) is 5.27. The molecule has 0 aliphatic rings. The van der Waals surface area contributed by atoms with Gasteiger partial charge in [0.05, 0.1) is 36.3 Å². The van der Waals surface area contributed by atoms with Gasteiger partial charge >= 0.3 is 0 Å². The van der Waals surface area contributed by atoms with Crippen molar-refractivity contribution >= 4 is 22.0 Å². The summed E-state index contributed by atoms with van der Waals surface area (Å²) in [5.74, 6) is 0.995. The zero-order valence-corrected chi connectivity index (χ0v) is 19.1. The monoisotopic (exact) mass is 438 g/mol. The topological polar surface area (TPSA) is 123 Å². The molecule has 0 spiro atoms. The highest BCUT2D eigenvalue weighted by atomic mass is 32.2. The molecule has 0 amide bonds. The minimum absolute atomic E-state index is 0.0575. The van der Waals surface area contributed by atoms with E-state index >= 15 is 0 Å². The van der Waals surface area contributed by atoms with Gasteiger partial charge < -0.3 is 23.9 Å². The Bertz CT molecular complexity index is 966. The van der Waals surface area contributed by atoms with Gasteiger partial charge in [-0.05, 0) is 18.2 Å². The number of phenols is 1. The predicted octanol–water partition coefficient (Wildman–Crippen LogP) is 0.888. The van der Waals surface area contributed by atoms with Crippen molar-refractivity contribution in [3.8, 4) is 17.1 Å². The fourth-order valence-electron chi connectivity index (χ4n) is 2.98. The molecule has 0 atom stereocenters. The molecule has 1 aromatic heterocycles. The molecule has 0 radical (unpaired) electrons. The maximum atomic E-state index is 10.8. The van der Waals surface area contributed by atoms with Gasteiger partial charge in [-0.25, -0.2) is 8.42 Å². The summed E-state index contributed by atoms with van der Waals surface area (Å²) in [5, 5.41) is 10.4. The van der Waals surface area contributed by atoms with Crippen LogP contribution in [0.2, 0.25) is 0 Å². The van der Waals surface area contributed by atoms with E-state index in [4.69, 9.17) is 0 Å². The van der Waals surface area contributed by atoms with Crippen LogP contribution in [0.1, 0.15) is 12.0 Å². The molecule has 0 unspecified atom stereocenters. The lowest BCUT2D eigenvalue weighted by Gasteiger charge is -2.30. The van der Waals surface area contributed by atoms with E-state index in [1.807, 2.05) is 54.4 Å². The lowest BCUT2D eigenvalue weighted by atomic mass is 10.1. The van der Waals surface area contributed by atoms with Crippen molar-refractivity contribution < 1.29 is 22.6 Å². The zero-order valence-electron chi connectivity index (χ0n) is 18.3. The van der Waals surface area contributed by atoms with Gasteiger partial charge in [0, 0.05) is 45.9 Å². The van der Waals surface area contributed by atoms with E-state index in [1.165, 1.54) is 0 Å². The molecule has 30 heavy (non-hydrogen) atoms. The summed E-state index contributed by atoms with van der Waals surface area (Å²) < 4.78 is 33.0. The number of anilines is 2. The first kappa shape index (κ1) is 23.8. The van der Waals surface area contributed by atoms with E-state index < -0.39 is 10.1 Å². The standard InChI is InChI=1S/C19H30N6O4S/c1-23(2)18-20-17(21-19(22-18)24(3)4)15-12-14(8-9-16(15)26)13-25(5,6)10-7-11-30(27,28)29/h8-9,12H,7,10-11,13H2,1-6H3,(H-,20,21,22,26,27,28,29). The van der Waals surface area contributed by atoms with Crippen molar-refractivity contribution in [2.45, 2.75) is 13.0 Å². The second kappa shape index (κ2) is 9.11. The quantitative estimate of drug-likeness (QED) is 0.449. The molecule has 0 bridgehead atoms. The molecule has 166 valence electrons. The normalized spacial score (nSPS) is 12.1. The lowest BCUT2D eigenvalue weighted by Crippen LogP contribution is -2.40. The summed E-state index contributed by atoms with van der Waals surface area (Å²) in [6.07, 6.45) is 0.287. The van der Waals surface area contributed by atoms with Crippen molar-refractivity contribution in [1.29, 1.82) is 0 Å². The number of phenolic OH excluding ortho intramolecular Hbond substituents is 1. The largest absolute Gasteiger partial charge is 0.748 e. The molecule has 0 aliphatic heterocycles. The van der Waals surface area contributed by atoms with Gasteiger partial charge in [0.15, 0.2) is 5.82 Å². The van der Waals surface area contributed by atoms with Crippen LogP contribution in [0.3, 0.4) is 0 Å². The minimum Gasteiger partial charge on any atom is -0.748 e. The fourth-order valence-corrected chi connectivity index (χ4v) is 3.46. The van der Waals surface area contributed by atoms with Crippen molar-refractivity contribution in [1.82, 2.24) is 15.0 Å².